The van der Waals surface area contributed by atoms with Gasteiger partial charge in [-0.15, -0.1) is 0 Å². The Morgan fingerprint density at radius 3 is 2.21 bits per heavy atom. The van der Waals surface area contributed by atoms with Crippen molar-refractivity contribution >= 4 is 0 Å². The third-order valence-corrected chi connectivity index (χ3v) is 3.91. The highest BCUT2D eigenvalue weighted by Crippen LogP contribution is 2.20. The van der Waals surface area contributed by atoms with Crippen LogP contribution < -0.4 is 5.73 Å². The van der Waals surface area contributed by atoms with E-state index in [0.717, 1.165) is 18.7 Å². The molecule has 0 aromatic heterocycles. The predicted molar refractivity (Wildman–Crippen MR) is 77.4 cm³/mol. The van der Waals surface area contributed by atoms with E-state index in [-0.39, 0.29) is 0 Å². The first-order valence-corrected chi connectivity index (χ1v) is 7.23. The van der Waals surface area contributed by atoms with Crippen LogP contribution in [-0.2, 0) is 5.54 Å². The third-order valence-electron chi connectivity index (χ3n) is 3.91. The highest BCUT2D eigenvalue weighted by Gasteiger charge is 2.29. The second kappa shape index (κ2) is 6.70. The normalized spacial score (nSPS) is 20.8. The summed E-state index contributed by atoms with van der Waals surface area (Å²) < 4.78 is 0. The maximum Gasteiger partial charge on any atom is 0.142 e. The molecule has 1 heterocycles. The zero-order chi connectivity index (χ0) is 13.6. The van der Waals surface area contributed by atoms with Crippen LogP contribution in [0.1, 0.15) is 37.7 Å². The third kappa shape index (κ3) is 3.79. The molecule has 1 aliphatic rings. The van der Waals surface area contributed by atoms with E-state index < -0.39 is 5.54 Å². The lowest BCUT2D eigenvalue weighted by atomic mass is 9.91. The second-order valence-corrected chi connectivity index (χ2v) is 5.49. The van der Waals surface area contributed by atoms with Crippen molar-refractivity contribution in [2.75, 3.05) is 19.6 Å². The van der Waals surface area contributed by atoms with E-state index in [1.54, 1.807) is 0 Å². The van der Waals surface area contributed by atoms with Crippen LogP contribution in [0.3, 0.4) is 0 Å². The molecule has 2 rings (SSSR count). The molecule has 0 radical (unpaired) electrons. The summed E-state index contributed by atoms with van der Waals surface area (Å²) in [4.78, 5) is 2.36. The Balaban J connectivity index is 2.07. The minimum absolute atomic E-state index is 0.632. The fourth-order valence-corrected chi connectivity index (χ4v) is 2.75. The minimum Gasteiger partial charge on any atom is -0.309 e. The van der Waals surface area contributed by atoms with Gasteiger partial charge in [-0.1, -0.05) is 49.6 Å². The summed E-state index contributed by atoms with van der Waals surface area (Å²) in [6.07, 6.45) is 6.38. The van der Waals surface area contributed by atoms with Gasteiger partial charge in [0.15, 0.2) is 0 Å². The van der Waals surface area contributed by atoms with Gasteiger partial charge in [-0.25, -0.2) is 0 Å². The van der Waals surface area contributed by atoms with Gasteiger partial charge in [-0.05, 0) is 31.5 Å². The molecule has 0 amide bonds. The Morgan fingerprint density at radius 1 is 1.05 bits per heavy atom. The first-order valence-electron chi connectivity index (χ1n) is 7.23. The molecule has 1 aromatic carbocycles. The zero-order valence-electron chi connectivity index (χ0n) is 11.5. The fourth-order valence-electron chi connectivity index (χ4n) is 2.75. The molecule has 1 atom stereocenters. The quantitative estimate of drug-likeness (QED) is 0.905. The Bertz CT molecular complexity index is 415. The number of rotatable bonds is 3. The maximum atomic E-state index is 9.49. The van der Waals surface area contributed by atoms with Gasteiger partial charge in [0.1, 0.15) is 5.54 Å². The number of nitrogens with zero attached hydrogens (tertiary/aromatic N) is 2. The van der Waals surface area contributed by atoms with E-state index in [1.807, 2.05) is 30.3 Å². The van der Waals surface area contributed by atoms with Gasteiger partial charge in [-0.3, -0.25) is 0 Å². The van der Waals surface area contributed by atoms with Gasteiger partial charge >= 0.3 is 0 Å². The van der Waals surface area contributed by atoms with Crippen LogP contribution in [0.15, 0.2) is 30.3 Å². The van der Waals surface area contributed by atoms with Crippen LogP contribution in [0, 0.1) is 11.3 Å². The minimum atomic E-state index is -0.888. The van der Waals surface area contributed by atoms with Gasteiger partial charge in [0.05, 0.1) is 6.07 Å². The first kappa shape index (κ1) is 14.0. The van der Waals surface area contributed by atoms with E-state index in [2.05, 4.69) is 11.0 Å². The smallest absolute Gasteiger partial charge is 0.142 e. The maximum absolute atomic E-state index is 9.49. The zero-order valence-corrected chi connectivity index (χ0v) is 11.5. The molecule has 0 aliphatic carbocycles. The lowest BCUT2D eigenvalue weighted by Crippen LogP contribution is -2.47. The summed E-state index contributed by atoms with van der Waals surface area (Å²) >= 11 is 0. The number of benzene rings is 1. The molecule has 2 N–H and O–H groups in total. The van der Waals surface area contributed by atoms with Crippen molar-refractivity contribution in [3.63, 3.8) is 0 Å². The van der Waals surface area contributed by atoms with Crippen molar-refractivity contribution in [3.05, 3.63) is 35.9 Å². The molecule has 19 heavy (non-hydrogen) atoms. The summed E-state index contributed by atoms with van der Waals surface area (Å²) in [5.41, 5.74) is 6.36. The monoisotopic (exact) mass is 257 g/mol. The summed E-state index contributed by atoms with van der Waals surface area (Å²) in [6, 6.07) is 12.1. The van der Waals surface area contributed by atoms with E-state index in [9.17, 15) is 5.26 Å². The Labute approximate surface area is 116 Å². The summed E-state index contributed by atoms with van der Waals surface area (Å²) in [7, 11) is 0. The van der Waals surface area contributed by atoms with E-state index in [4.69, 9.17) is 5.73 Å². The van der Waals surface area contributed by atoms with Crippen LogP contribution in [0.25, 0.3) is 0 Å². The topological polar surface area (TPSA) is 53.1 Å². The predicted octanol–water partition coefficient (Wildman–Crippen LogP) is 2.63. The largest absolute Gasteiger partial charge is 0.309 e. The standard InChI is InChI=1S/C16H23N3/c17-13-16(18,15-9-5-4-6-10-15)14-19-11-7-2-1-3-8-12-19/h4-6,9-10H,1-3,7-8,11-12,14,18H2. The molecule has 1 saturated heterocycles. The first-order chi connectivity index (χ1) is 9.24. The van der Waals surface area contributed by atoms with Gasteiger partial charge in [0.2, 0.25) is 0 Å². The van der Waals surface area contributed by atoms with Crippen molar-refractivity contribution in [1.82, 2.24) is 4.90 Å². The molecule has 0 spiro atoms. The molecular formula is C16H23N3. The second-order valence-electron chi connectivity index (χ2n) is 5.49. The highest BCUT2D eigenvalue weighted by atomic mass is 15.1. The molecular weight excluding hydrogens is 234 g/mol. The number of likely N-dealkylation sites (tertiary alicyclic amines) is 1. The Morgan fingerprint density at radius 2 is 1.63 bits per heavy atom. The summed E-state index contributed by atoms with van der Waals surface area (Å²) in [6.45, 7) is 2.76. The van der Waals surface area contributed by atoms with Crippen LogP contribution in [0.4, 0.5) is 0 Å². The molecule has 3 nitrogen and oxygen atoms in total. The van der Waals surface area contributed by atoms with E-state index in [0.29, 0.717) is 6.54 Å². The van der Waals surface area contributed by atoms with Crippen LogP contribution in [-0.4, -0.2) is 24.5 Å². The molecule has 102 valence electrons. The van der Waals surface area contributed by atoms with Crippen molar-refractivity contribution < 1.29 is 0 Å². The molecule has 1 aromatic rings. The van der Waals surface area contributed by atoms with Gasteiger partial charge in [0, 0.05) is 6.54 Å². The molecule has 1 aliphatic heterocycles. The average molecular weight is 257 g/mol. The SMILES string of the molecule is N#CC(N)(CN1CCCCCCC1)c1ccccc1. The van der Waals surface area contributed by atoms with Crippen molar-refractivity contribution in [2.24, 2.45) is 5.73 Å². The van der Waals surface area contributed by atoms with Crippen molar-refractivity contribution in [3.8, 4) is 6.07 Å². The molecule has 3 heteroatoms. The van der Waals surface area contributed by atoms with Crippen LogP contribution in [0.5, 0.6) is 0 Å². The number of hydrogen-bond acceptors (Lipinski definition) is 3. The highest BCUT2D eigenvalue weighted by molar-refractivity contribution is 5.31. The molecule has 0 bridgehead atoms. The Kier molecular flexibility index (Phi) is 4.95. The summed E-state index contributed by atoms with van der Waals surface area (Å²) in [5, 5.41) is 9.49. The molecule has 1 unspecified atom stereocenters. The number of nitrogens with two attached hydrogens (primary N) is 1. The summed E-state index contributed by atoms with van der Waals surface area (Å²) in [5.74, 6) is 0. The van der Waals surface area contributed by atoms with Crippen molar-refractivity contribution in [2.45, 2.75) is 37.6 Å². The number of nitriles is 1. The van der Waals surface area contributed by atoms with Gasteiger partial charge in [-0.2, -0.15) is 5.26 Å². The van der Waals surface area contributed by atoms with Gasteiger partial charge in [0.25, 0.3) is 0 Å². The van der Waals surface area contributed by atoms with Crippen LogP contribution >= 0.6 is 0 Å². The molecule has 1 fully saturated rings. The van der Waals surface area contributed by atoms with Crippen LogP contribution in [0.2, 0.25) is 0 Å². The lowest BCUT2D eigenvalue weighted by Gasteiger charge is -2.31. The van der Waals surface area contributed by atoms with Crippen molar-refractivity contribution in [1.29, 1.82) is 5.26 Å². The number of hydrogen-bond donors (Lipinski definition) is 1. The fraction of sp³-hybridized carbons (Fsp3) is 0.562. The average Bonchev–Trinajstić information content (AvgIpc) is 2.42. The van der Waals surface area contributed by atoms with E-state index in [1.165, 1.54) is 32.1 Å². The Hall–Kier alpha value is -1.37. The lowest BCUT2D eigenvalue weighted by molar-refractivity contribution is 0.214. The van der Waals surface area contributed by atoms with E-state index >= 15 is 0 Å². The molecule has 0 saturated carbocycles. The van der Waals surface area contributed by atoms with Gasteiger partial charge < -0.3 is 10.6 Å².